The number of aryl methyl sites for hydroxylation is 2. The molecule has 2 aromatic heterocycles. The molecular weight excluding hydrogens is 844 g/mol. The molecule has 4 aliphatic rings. The molecule has 1 amide bonds. The molecule has 0 atom stereocenters. The van der Waals surface area contributed by atoms with E-state index in [4.69, 9.17) is 20.0 Å². The molecule has 0 radical (unpaired) electrons. The number of nitrogens with zero attached hydrogens (tertiary/aromatic N) is 7. The molecule has 4 fully saturated rings. The summed E-state index contributed by atoms with van der Waals surface area (Å²) in [6.07, 6.45) is 4.57. The Morgan fingerprint density at radius 2 is 1.11 bits per heavy atom. The van der Waals surface area contributed by atoms with Gasteiger partial charge in [0.05, 0.1) is 43.0 Å². The predicted molar refractivity (Wildman–Crippen MR) is 248 cm³/mol. The fourth-order valence-electron chi connectivity index (χ4n) is 7.92. The fourth-order valence-corrected chi connectivity index (χ4v) is 7.92. The number of benzene rings is 4. The van der Waals surface area contributed by atoms with Crippen LogP contribution in [0.15, 0.2) is 72.8 Å². The summed E-state index contributed by atoms with van der Waals surface area (Å²) in [6.45, 7) is 7.33. The first-order valence-electron chi connectivity index (χ1n) is 21.0. The molecule has 336 valence electrons. The average molecular weight is 897 g/mol. The Balaban J connectivity index is 0.000000176. The van der Waals surface area contributed by atoms with Crippen LogP contribution in [-0.2, 0) is 0 Å². The molecule has 2 aliphatic heterocycles. The van der Waals surface area contributed by atoms with Gasteiger partial charge in [0.1, 0.15) is 0 Å². The van der Waals surface area contributed by atoms with Gasteiger partial charge in [-0.05, 0) is 121 Å². The van der Waals surface area contributed by atoms with Crippen LogP contribution in [-0.4, -0.2) is 92.6 Å². The molecule has 2 saturated heterocycles. The number of nitriles is 2. The number of methoxy groups -OCH3 is 2. The van der Waals surface area contributed by atoms with E-state index in [1.807, 2.05) is 79.4 Å². The zero-order valence-electron chi connectivity index (χ0n) is 36.0. The molecule has 15 nitrogen and oxygen atoms in total. The second-order valence-electron chi connectivity index (χ2n) is 16.4. The summed E-state index contributed by atoms with van der Waals surface area (Å²) in [7, 11) is 3.03. The van der Waals surface area contributed by atoms with Crippen LogP contribution in [0.2, 0.25) is 0 Å². The van der Waals surface area contributed by atoms with Crippen LogP contribution in [0.5, 0.6) is 12.0 Å². The van der Waals surface area contributed by atoms with Gasteiger partial charge < -0.3 is 24.8 Å². The molecule has 65 heavy (non-hydrogen) atoms. The number of halogens is 1. The standard InChI is InChI=1S/C24H23N5O2.C14H15N3O3.C10H10N2.CH4.ClH/c1-14-9-20(17-7-8-17)21(22-26-24(31-2)28-27-22)10-19(14)23(30)29-12-18(13-29)16-5-3-15(11-25)4-6-16;1-7-5-10(8-3-4-8)11(6-9(7)13(18)19)12-15-14(20-2)17-16-12;11-5-8-1-3-9(4-2-8)10-6-12-7-10;;/h3-6,9-10,17-18H,7-8,12-13H2,1-2H3,(H,26,27,28);5-6,8H,3-4H2,1-2H3,(H,18,19)(H,15,16,17);1-4,10,12H,6-7H2;1H4;1H. The van der Waals surface area contributed by atoms with E-state index in [-0.39, 0.29) is 37.8 Å². The molecule has 2 saturated carbocycles. The van der Waals surface area contributed by atoms with Crippen molar-refractivity contribution in [1.82, 2.24) is 40.6 Å². The first-order valence-corrected chi connectivity index (χ1v) is 21.0. The van der Waals surface area contributed by atoms with E-state index >= 15 is 0 Å². The van der Waals surface area contributed by atoms with Gasteiger partial charge in [0.25, 0.3) is 5.91 Å². The van der Waals surface area contributed by atoms with Crippen molar-refractivity contribution in [2.75, 3.05) is 40.4 Å². The first-order chi connectivity index (χ1) is 30.6. The lowest BCUT2D eigenvalue weighted by atomic mass is 9.89. The number of hydrogen-bond acceptors (Lipinski definition) is 11. The van der Waals surface area contributed by atoms with Crippen molar-refractivity contribution in [3.05, 3.63) is 128 Å². The van der Waals surface area contributed by atoms with Crippen molar-refractivity contribution < 1.29 is 24.2 Å². The Labute approximate surface area is 384 Å². The normalized spacial score (nSPS) is 15.1. The Bertz CT molecular complexity index is 2720. The van der Waals surface area contributed by atoms with Gasteiger partial charge in [-0.2, -0.15) is 20.5 Å². The van der Waals surface area contributed by atoms with Gasteiger partial charge >= 0.3 is 18.0 Å². The molecule has 2 aliphatic carbocycles. The molecule has 0 bridgehead atoms. The number of ether oxygens (including phenoxy) is 2. The highest BCUT2D eigenvalue weighted by atomic mass is 35.5. The zero-order valence-corrected chi connectivity index (χ0v) is 36.8. The van der Waals surface area contributed by atoms with E-state index in [0.29, 0.717) is 65.1 Å². The number of aromatic nitrogens is 6. The highest BCUT2D eigenvalue weighted by Crippen LogP contribution is 2.46. The number of carbonyl (C=O) groups is 2. The Morgan fingerprint density at radius 1 is 0.677 bits per heavy atom. The third kappa shape index (κ3) is 10.7. The van der Waals surface area contributed by atoms with E-state index in [1.54, 1.807) is 6.07 Å². The third-order valence-electron chi connectivity index (χ3n) is 12.1. The number of aromatic amines is 2. The molecule has 4 N–H and O–H groups in total. The minimum Gasteiger partial charge on any atom is -0.478 e. The van der Waals surface area contributed by atoms with Crippen LogP contribution in [0.4, 0.5) is 0 Å². The maximum Gasteiger partial charge on any atom is 0.335 e. The highest BCUT2D eigenvalue weighted by Gasteiger charge is 2.35. The van der Waals surface area contributed by atoms with Crippen LogP contribution in [0, 0.1) is 36.5 Å². The van der Waals surface area contributed by atoms with Crippen molar-refractivity contribution in [3.63, 3.8) is 0 Å². The average Bonchev–Trinajstić information content (AvgIpc) is 4.20. The summed E-state index contributed by atoms with van der Waals surface area (Å²) in [5.41, 5.74) is 10.7. The van der Waals surface area contributed by atoms with Crippen molar-refractivity contribution in [2.24, 2.45) is 0 Å². The maximum atomic E-state index is 13.3. The number of hydrogen-bond donors (Lipinski definition) is 4. The van der Waals surface area contributed by atoms with E-state index < -0.39 is 5.97 Å². The maximum absolute atomic E-state index is 13.3. The topological polar surface area (TPSA) is 219 Å². The van der Waals surface area contributed by atoms with Gasteiger partial charge in [0, 0.05) is 54.7 Å². The van der Waals surface area contributed by atoms with Gasteiger partial charge in [0.2, 0.25) is 0 Å². The van der Waals surface area contributed by atoms with E-state index in [1.165, 1.54) is 30.9 Å². The predicted octanol–water partition coefficient (Wildman–Crippen LogP) is 8.44. The second kappa shape index (κ2) is 20.6. The summed E-state index contributed by atoms with van der Waals surface area (Å²) in [5, 5.41) is 43.8. The van der Waals surface area contributed by atoms with Gasteiger partial charge in [-0.1, -0.05) is 43.8 Å². The number of H-pyrrole nitrogens is 2. The Morgan fingerprint density at radius 3 is 1.48 bits per heavy atom. The molecule has 0 spiro atoms. The highest BCUT2D eigenvalue weighted by molar-refractivity contribution is 5.98. The van der Waals surface area contributed by atoms with Gasteiger partial charge in [-0.3, -0.25) is 15.0 Å². The molecule has 4 aromatic carbocycles. The summed E-state index contributed by atoms with van der Waals surface area (Å²) in [5.74, 6) is 2.26. The third-order valence-corrected chi connectivity index (χ3v) is 12.1. The van der Waals surface area contributed by atoms with Crippen molar-refractivity contribution in [2.45, 2.75) is 70.6 Å². The minimum absolute atomic E-state index is 0. The number of amides is 1. The van der Waals surface area contributed by atoms with Crippen LogP contribution in [0.1, 0.15) is 122 Å². The molecular formula is C49H53ClN10O5. The lowest BCUT2D eigenvalue weighted by molar-refractivity contribution is 0.0601. The lowest BCUT2D eigenvalue weighted by Crippen LogP contribution is -2.48. The van der Waals surface area contributed by atoms with E-state index in [9.17, 15) is 14.7 Å². The number of carbonyl (C=O) groups excluding carboxylic acids is 1. The monoisotopic (exact) mass is 896 g/mol. The van der Waals surface area contributed by atoms with Gasteiger partial charge in [0.15, 0.2) is 11.6 Å². The van der Waals surface area contributed by atoms with E-state index in [2.05, 4.69) is 53.9 Å². The smallest absolute Gasteiger partial charge is 0.335 e. The number of nitrogens with one attached hydrogen (secondary N) is 3. The van der Waals surface area contributed by atoms with Crippen molar-refractivity contribution >= 4 is 24.3 Å². The Hall–Kier alpha value is -7.07. The fraction of sp³-hybridized carbons (Fsp3) is 0.347. The van der Waals surface area contributed by atoms with Gasteiger partial charge in [-0.25, -0.2) is 4.79 Å². The zero-order chi connectivity index (χ0) is 44.2. The largest absolute Gasteiger partial charge is 0.478 e. The first kappa shape index (κ1) is 47.4. The van der Waals surface area contributed by atoms with E-state index in [0.717, 1.165) is 72.2 Å². The van der Waals surface area contributed by atoms with Crippen LogP contribution in [0.25, 0.3) is 22.8 Å². The number of likely N-dealkylation sites (tertiary alicyclic amines) is 1. The number of rotatable bonds is 10. The number of aromatic carboxylic acids is 1. The quantitative estimate of drug-likeness (QED) is 0.102. The molecule has 4 heterocycles. The van der Waals surface area contributed by atoms with Crippen LogP contribution < -0.4 is 14.8 Å². The second-order valence-corrected chi connectivity index (χ2v) is 16.4. The minimum atomic E-state index is -0.933. The van der Waals surface area contributed by atoms with Crippen LogP contribution in [0.3, 0.4) is 0 Å². The number of carboxylic acids is 1. The molecule has 6 aromatic rings. The van der Waals surface area contributed by atoms with Gasteiger partial charge in [-0.15, -0.1) is 22.6 Å². The van der Waals surface area contributed by atoms with Crippen LogP contribution >= 0.6 is 12.4 Å². The molecule has 10 rings (SSSR count). The van der Waals surface area contributed by atoms with Crippen molar-refractivity contribution in [1.29, 1.82) is 10.5 Å². The summed E-state index contributed by atoms with van der Waals surface area (Å²) in [6, 6.07) is 28.0. The summed E-state index contributed by atoms with van der Waals surface area (Å²) < 4.78 is 10.1. The summed E-state index contributed by atoms with van der Waals surface area (Å²) >= 11 is 0. The molecule has 16 heteroatoms. The number of carboxylic acid groups (broad SMARTS) is 1. The lowest BCUT2D eigenvalue weighted by Gasteiger charge is -2.40. The molecule has 0 unspecified atom stereocenters. The Kier molecular flexibility index (Phi) is 15.0. The SMILES string of the molecule is C.COc1n[nH]c(-c2cc(C(=O)N3CC(c4ccc(C#N)cc4)C3)c(C)cc2C2CC2)n1.COc1n[nH]c(-c2cc(C(=O)O)c(C)cc2C2CC2)n1.Cl.N#Cc1ccc(C2CNC2)cc1. The van der Waals surface area contributed by atoms with Crippen molar-refractivity contribution in [3.8, 4) is 46.9 Å². The summed E-state index contributed by atoms with van der Waals surface area (Å²) in [4.78, 5) is 35.1.